The monoisotopic (exact) mass is 434 g/mol. The van der Waals surface area contributed by atoms with E-state index in [0.717, 1.165) is 62.5 Å². The summed E-state index contributed by atoms with van der Waals surface area (Å²) in [4.78, 5) is 0. The average molecular weight is 435 g/mol. The van der Waals surface area contributed by atoms with Gasteiger partial charge in [0.15, 0.2) is 0 Å². The van der Waals surface area contributed by atoms with Gasteiger partial charge in [0.05, 0.1) is 13.2 Å². The van der Waals surface area contributed by atoms with Gasteiger partial charge < -0.3 is 10.2 Å². The Morgan fingerprint density at radius 1 is 0.438 bits per heavy atom. The summed E-state index contributed by atoms with van der Waals surface area (Å²) in [6.07, 6.45) is 8.11. The molecule has 0 heterocycles. The second-order valence-electron chi connectivity index (χ2n) is 9.00. The fourth-order valence-corrected chi connectivity index (χ4v) is 6.09. The molecule has 0 atom stereocenters. The van der Waals surface area contributed by atoms with Gasteiger partial charge in [0.1, 0.15) is 0 Å². The molecule has 0 aromatic heterocycles. The molecule has 0 saturated heterocycles. The van der Waals surface area contributed by atoms with Gasteiger partial charge in [-0.05, 0) is 117 Å². The number of hydrogen-bond acceptors (Lipinski definition) is 2. The number of benzene rings is 3. The summed E-state index contributed by atoms with van der Waals surface area (Å²) in [5.74, 6) is 0. The van der Waals surface area contributed by atoms with Crippen LogP contribution >= 0.6 is 0 Å². The Morgan fingerprint density at radius 3 is 1.00 bits per heavy atom. The van der Waals surface area contributed by atoms with Crippen molar-refractivity contribution >= 4 is 21.5 Å². The van der Waals surface area contributed by atoms with Gasteiger partial charge in [-0.3, -0.25) is 0 Å². The highest BCUT2D eigenvalue weighted by atomic mass is 16.3. The highest BCUT2D eigenvalue weighted by molar-refractivity contribution is 6.05. The molecule has 2 heteroatoms. The zero-order valence-electron chi connectivity index (χ0n) is 21.1. The summed E-state index contributed by atoms with van der Waals surface area (Å²) in [5.41, 5.74) is 10.4. The van der Waals surface area contributed by atoms with E-state index in [4.69, 9.17) is 0 Å². The van der Waals surface area contributed by atoms with Crippen LogP contribution in [-0.4, -0.2) is 10.2 Å². The van der Waals surface area contributed by atoms with Crippen molar-refractivity contribution in [1.29, 1.82) is 0 Å². The van der Waals surface area contributed by atoms with Crippen molar-refractivity contribution < 1.29 is 10.2 Å². The van der Waals surface area contributed by atoms with E-state index in [9.17, 15) is 10.2 Å². The largest absolute Gasteiger partial charge is 0.392 e. The van der Waals surface area contributed by atoms with Crippen LogP contribution in [-0.2, 0) is 51.7 Å². The summed E-state index contributed by atoms with van der Waals surface area (Å²) in [6, 6.07) is 4.87. The maximum atomic E-state index is 10.3. The van der Waals surface area contributed by atoms with Crippen LogP contribution in [0.2, 0.25) is 0 Å². The van der Waals surface area contributed by atoms with Crippen molar-refractivity contribution in [2.75, 3.05) is 0 Å². The van der Waals surface area contributed by atoms with Crippen LogP contribution in [0, 0.1) is 0 Å². The quantitative estimate of drug-likeness (QED) is 0.333. The fraction of sp³-hybridized carbons (Fsp3) is 0.533. The topological polar surface area (TPSA) is 40.5 Å². The normalized spacial score (nSPS) is 11.8. The van der Waals surface area contributed by atoms with Gasteiger partial charge >= 0.3 is 0 Å². The van der Waals surface area contributed by atoms with Gasteiger partial charge in [-0.15, -0.1) is 0 Å². The molecule has 32 heavy (non-hydrogen) atoms. The van der Waals surface area contributed by atoms with Crippen molar-refractivity contribution in [3.8, 4) is 0 Å². The minimum Gasteiger partial charge on any atom is -0.392 e. The van der Waals surface area contributed by atoms with Crippen LogP contribution < -0.4 is 0 Å². The smallest absolute Gasteiger partial charge is 0.0688 e. The Hall–Kier alpha value is -1.90. The number of aliphatic hydroxyl groups is 2. The lowest BCUT2D eigenvalue weighted by atomic mass is 9.80. The molecule has 0 aliphatic rings. The first-order valence-electron chi connectivity index (χ1n) is 12.9. The van der Waals surface area contributed by atoms with Crippen molar-refractivity contribution in [3.05, 3.63) is 56.6 Å². The molecular weight excluding hydrogens is 392 g/mol. The van der Waals surface area contributed by atoms with Crippen LogP contribution in [0.15, 0.2) is 12.1 Å². The molecule has 0 fully saturated rings. The van der Waals surface area contributed by atoms with Gasteiger partial charge in [0.2, 0.25) is 0 Å². The molecule has 0 radical (unpaired) electrons. The molecule has 3 aromatic rings. The number of fused-ring (bicyclic) bond motifs is 2. The summed E-state index contributed by atoms with van der Waals surface area (Å²) in [7, 11) is 0. The van der Waals surface area contributed by atoms with Crippen molar-refractivity contribution in [2.24, 2.45) is 0 Å². The molecule has 2 nitrogen and oxygen atoms in total. The molecule has 0 spiro atoms. The third-order valence-corrected chi connectivity index (χ3v) is 7.37. The molecule has 0 amide bonds. The summed E-state index contributed by atoms with van der Waals surface area (Å²) in [6.45, 7) is 13.5. The summed E-state index contributed by atoms with van der Waals surface area (Å²) in [5, 5.41) is 26.0. The Kier molecular flexibility index (Phi) is 8.36. The molecule has 0 unspecified atom stereocenters. The molecular formula is C30H42O2. The number of hydrogen-bond donors (Lipinski definition) is 2. The third-order valence-electron chi connectivity index (χ3n) is 7.37. The zero-order chi connectivity index (χ0) is 23.4. The molecule has 0 aliphatic heterocycles. The van der Waals surface area contributed by atoms with Crippen LogP contribution in [0.5, 0.6) is 0 Å². The predicted octanol–water partition coefficient (Wildman–Crippen LogP) is 7.13. The molecule has 0 bridgehead atoms. The van der Waals surface area contributed by atoms with Crippen LogP contribution in [0.25, 0.3) is 21.5 Å². The van der Waals surface area contributed by atoms with Crippen LogP contribution in [0.3, 0.4) is 0 Å². The molecule has 174 valence electrons. The van der Waals surface area contributed by atoms with E-state index in [2.05, 4.69) is 53.7 Å². The Labute approximate surface area is 194 Å². The lowest BCUT2D eigenvalue weighted by Crippen LogP contribution is -2.09. The van der Waals surface area contributed by atoms with E-state index < -0.39 is 0 Å². The lowest BCUT2D eigenvalue weighted by molar-refractivity contribution is 0.258. The Morgan fingerprint density at radius 2 is 0.750 bits per heavy atom. The van der Waals surface area contributed by atoms with E-state index in [1.165, 1.54) is 43.8 Å². The third kappa shape index (κ3) is 3.97. The van der Waals surface area contributed by atoms with Gasteiger partial charge in [-0.1, -0.05) is 54.4 Å². The van der Waals surface area contributed by atoms with Crippen molar-refractivity contribution in [1.82, 2.24) is 0 Å². The number of aliphatic hydroxyl groups excluding tert-OH is 2. The average Bonchev–Trinajstić information content (AvgIpc) is 2.82. The van der Waals surface area contributed by atoms with E-state index in [1.807, 2.05) is 0 Å². The van der Waals surface area contributed by atoms with E-state index in [0.29, 0.717) is 0 Å². The minimum atomic E-state index is -0.00819. The first-order chi connectivity index (χ1) is 15.6. The molecule has 0 aliphatic carbocycles. The standard InChI is InChI=1S/C30H42O2/c1-7-13-23-27-15-25-21(11-5)19(9-3)20(10-4)22(12-6)26(25)16-28(27)24(14-8-2)30(18-32)29(23)17-31/h15-16,31-32H,7-14,17-18H2,1-6H3. The summed E-state index contributed by atoms with van der Waals surface area (Å²) >= 11 is 0. The number of aryl methyl sites for hydroxylation is 4. The molecule has 2 N–H and O–H groups in total. The summed E-state index contributed by atoms with van der Waals surface area (Å²) < 4.78 is 0. The van der Waals surface area contributed by atoms with Crippen LogP contribution in [0.1, 0.15) is 98.9 Å². The maximum absolute atomic E-state index is 10.3. The predicted molar refractivity (Wildman–Crippen MR) is 139 cm³/mol. The van der Waals surface area contributed by atoms with Gasteiger partial charge in [0, 0.05) is 0 Å². The van der Waals surface area contributed by atoms with Gasteiger partial charge in [-0.2, -0.15) is 0 Å². The highest BCUT2D eigenvalue weighted by Crippen LogP contribution is 2.40. The van der Waals surface area contributed by atoms with E-state index >= 15 is 0 Å². The Balaban J connectivity index is 2.64. The maximum Gasteiger partial charge on any atom is 0.0688 e. The Bertz CT molecular complexity index is 1020. The highest BCUT2D eigenvalue weighted by Gasteiger charge is 2.21. The van der Waals surface area contributed by atoms with E-state index in [-0.39, 0.29) is 13.2 Å². The second kappa shape index (κ2) is 10.8. The first-order valence-corrected chi connectivity index (χ1v) is 12.9. The zero-order valence-corrected chi connectivity index (χ0v) is 21.1. The SMILES string of the molecule is CCCc1c(CO)c(CO)c(CCC)c2cc3c(CC)c(CC)c(CC)c(CC)c3cc12. The van der Waals surface area contributed by atoms with Crippen LogP contribution in [0.4, 0.5) is 0 Å². The fourth-order valence-electron chi connectivity index (χ4n) is 6.09. The first kappa shape index (κ1) is 24.7. The van der Waals surface area contributed by atoms with Crippen molar-refractivity contribution in [2.45, 2.75) is 106 Å². The van der Waals surface area contributed by atoms with Gasteiger partial charge in [-0.25, -0.2) is 0 Å². The lowest BCUT2D eigenvalue weighted by Gasteiger charge is -2.24. The molecule has 0 saturated carbocycles. The molecule has 3 aromatic carbocycles. The number of rotatable bonds is 10. The minimum absolute atomic E-state index is 0.00819. The second-order valence-corrected chi connectivity index (χ2v) is 9.00. The van der Waals surface area contributed by atoms with E-state index in [1.54, 1.807) is 11.1 Å². The van der Waals surface area contributed by atoms with Crippen molar-refractivity contribution in [3.63, 3.8) is 0 Å². The van der Waals surface area contributed by atoms with Gasteiger partial charge in [0.25, 0.3) is 0 Å². The molecule has 3 rings (SSSR count).